The molecular weight excluding hydrogens is 516 g/mol. The quantitative estimate of drug-likeness (QED) is 0.151. The number of hydrogen-bond donors (Lipinski definition) is 6. The third kappa shape index (κ3) is 10.2. The molecule has 0 aliphatic carbocycles. The van der Waals surface area contributed by atoms with Crippen LogP contribution in [0.4, 0.5) is 0 Å². The van der Waals surface area contributed by atoms with Crippen LogP contribution in [0, 0.1) is 5.92 Å². The van der Waals surface area contributed by atoms with E-state index < -0.39 is 47.9 Å². The Morgan fingerprint density at radius 1 is 0.950 bits per heavy atom. The van der Waals surface area contributed by atoms with Gasteiger partial charge in [0.15, 0.2) is 0 Å². The number of benzene rings is 1. The molecule has 4 atom stereocenters. The lowest BCUT2D eigenvalue weighted by molar-refractivity contribution is -0.142. The van der Waals surface area contributed by atoms with Gasteiger partial charge in [-0.25, -0.2) is 4.79 Å². The van der Waals surface area contributed by atoms with Gasteiger partial charge in [0.1, 0.15) is 24.2 Å². The van der Waals surface area contributed by atoms with Gasteiger partial charge in [0.2, 0.25) is 23.6 Å². The molecule has 0 saturated carbocycles. The van der Waals surface area contributed by atoms with Crippen molar-refractivity contribution in [3.8, 4) is 0 Å². The average Bonchev–Trinajstić information content (AvgIpc) is 3.42. The molecule has 1 heterocycles. The van der Waals surface area contributed by atoms with Crippen LogP contribution in [-0.4, -0.2) is 83.4 Å². The second kappa shape index (κ2) is 16.6. The highest BCUT2D eigenvalue weighted by Gasteiger charge is 2.36. The van der Waals surface area contributed by atoms with E-state index in [9.17, 15) is 29.1 Å². The number of carbonyl (C=O) groups is 5. The van der Waals surface area contributed by atoms with Crippen LogP contribution in [0.15, 0.2) is 30.3 Å². The molecule has 0 bridgehead atoms. The summed E-state index contributed by atoms with van der Waals surface area (Å²) in [6.07, 6.45) is 2.94. The molecule has 12 nitrogen and oxygen atoms in total. The van der Waals surface area contributed by atoms with Gasteiger partial charge in [-0.05, 0) is 56.6 Å². The van der Waals surface area contributed by atoms with Crippen molar-refractivity contribution in [1.29, 1.82) is 0 Å². The number of nitrogens with two attached hydrogens (primary N) is 2. The number of nitrogens with one attached hydrogen (secondary N) is 3. The fourth-order valence-electron chi connectivity index (χ4n) is 4.78. The van der Waals surface area contributed by atoms with E-state index in [1.165, 1.54) is 4.90 Å². The standard InChI is InChI=1S/C28H44N6O6/c1-18(2)15-21(26(37)33-22(28(39)40)16-19-9-4-3-5-10-19)32-25(36)20(11-6-7-13-29)31-27(38)23-12-8-14-34(23)24(35)17-30/h3-5,9-10,18,20-23H,6-8,11-17,29-30H2,1-2H3,(H,31,38)(H,32,36)(H,33,37)(H,39,40)/t20-,21-,22-,23-/m0/s1. The van der Waals surface area contributed by atoms with Crippen molar-refractivity contribution in [2.24, 2.45) is 17.4 Å². The van der Waals surface area contributed by atoms with Crippen molar-refractivity contribution in [2.45, 2.75) is 83.0 Å². The minimum Gasteiger partial charge on any atom is -0.480 e. The molecule has 0 aromatic heterocycles. The van der Waals surface area contributed by atoms with Gasteiger partial charge >= 0.3 is 5.97 Å². The second-order valence-electron chi connectivity index (χ2n) is 10.6. The maximum atomic E-state index is 13.4. The number of carboxylic acid groups (broad SMARTS) is 1. The Kier molecular flexibility index (Phi) is 13.5. The first-order valence-electron chi connectivity index (χ1n) is 13.9. The first-order chi connectivity index (χ1) is 19.1. The third-order valence-electron chi connectivity index (χ3n) is 6.87. The Labute approximate surface area is 235 Å². The zero-order valence-corrected chi connectivity index (χ0v) is 23.4. The van der Waals surface area contributed by atoms with Crippen LogP contribution in [0.2, 0.25) is 0 Å². The van der Waals surface area contributed by atoms with Crippen LogP contribution in [0.1, 0.15) is 57.9 Å². The molecule has 1 aromatic rings. The first kappa shape index (κ1) is 32.7. The van der Waals surface area contributed by atoms with E-state index in [1.54, 1.807) is 24.3 Å². The van der Waals surface area contributed by atoms with Gasteiger partial charge in [-0.15, -0.1) is 0 Å². The van der Waals surface area contributed by atoms with Crippen molar-refractivity contribution in [1.82, 2.24) is 20.9 Å². The Balaban J connectivity index is 2.16. The number of likely N-dealkylation sites (tertiary alicyclic amines) is 1. The summed E-state index contributed by atoms with van der Waals surface area (Å²) < 4.78 is 0. The van der Waals surface area contributed by atoms with Gasteiger partial charge in [0.05, 0.1) is 6.54 Å². The lowest BCUT2D eigenvalue weighted by Crippen LogP contribution is -2.58. The van der Waals surface area contributed by atoms with E-state index in [0.717, 1.165) is 5.56 Å². The fourth-order valence-corrected chi connectivity index (χ4v) is 4.78. The number of aliphatic carboxylic acids is 1. The molecule has 1 aliphatic heterocycles. The molecule has 12 heteroatoms. The smallest absolute Gasteiger partial charge is 0.326 e. The molecule has 2 rings (SSSR count). The van der Waals surface area contributed by atoms with Crippen LogP contribution in [0.5, 0.6) is 0 Å². The minimum atomic E-state index is -1.19. The van der Waals surface area contributed by atoms with Crippen LogP contribution in [-0.2, 0) is 30.4 Å². The van der Waals surface area contributed by atoms with Crippen LogP contribution in [0.3, 0.4) is 0 Å². The highest BCUT2D eigenvalue weighted by molar-refractivity contribution is 5.95. The van der Waals surface area contributed by atoms with Crippen molar-refractivity contribution in [3.63, 3.8) is 0 Å². The van der Waals surface area contributed by atoms with Crippen LogP contribution < -0.4 is 27.4 Å². The summed E-state index contributed by atoms with van der Waals surface area (Å²) in [4.78, 5) is 65.3. The molecule has 1 saturated heterocycles. The van der Waals surface area contributed by atoms with Crippen LogP contribution >= 0.6 is 0 Å². The maximum absolute atomic E-state index is 13.4. The summed E-state index contributed by atoms with van der Waals surface area (Å²) in [6.45, 7) is 4.39. The summed E-state index contributed by atoms with van der Waals surface area (Å²) in [5.74, 6) is -3.14. The van der Waals surface area contributed by atoms with E-state index in [1.807, 2.05) is 19.9 Å². The monoisotopic (exact) mass is 560 g/mol. The molecule has 1 aromatic carbocycles. The number of rotatable bonds is 16. The molecule has 40 heavy (non-hydrogen) atoms. The molecule has 1 fully saturated rings. The summed E-state index contributed by atoms with van der Waals surface area (Å²) >= 11 is 0. The number of carboxylic acids is 1. The minimum absolute atomic E-state index is 0.00746. The molecule has 0 radical (unpaired) electrons. The Bertz CT molecular complexity index is 1000. The maximum Gasteiger partial charge on any atom is 0.326 e. The summed E-state index contributed by atoms with van der Waals surface area (Å²) in [5, 5.41) is 17.8. The van der Waals surface area contributed by atoms with Crippen LogP contribution in [0.25, 0.3) is 0 Å². The Morgan fingerprint density at radius 3 is 2.20 bits per heavy atom. The van der Waals surface area contributed by atoms with E-state index in [2.05, 4.69) is 16.0 Å². The normalized spacial score (nSPS) is 17.1. The predicted octanol–water partition coefficient (Wildman–Crippen LogP) is -0.107. The number of unbranched alkanes of at least 4 members (excludes halogenated alkanes) is 1. The van der Waals surface area contributed by atoms with E-state index in [-0.39, 0.29) is 37.6 Å². The topological polar surface area (TPSA) is 197 Å². The fraction of sp³-hybridized carbons (Fsp3) is 0.607. The van der Waals surface area contributed by atoms with E-state index >= 15 is 0 Å². The zero-order valence-electron chi connectivity index (χ0n) is 23.4. The van der Waals surface area contributed by atoms with E-state index in [4.69, 9.17) is 11.5 Å². The van der Waals surface area contributed by atoms with Crippen molar-refractivity contribution in [2.75, 3.05) is 19.6 Å². The van der Waals surface area contributed by atoms with Crippen molar-refractivity contribution >= 4 is 29.6 Å². The molecule has 0 unspecified atom stereocenters. The number of nitrogens with zero attached hydrogens (tertiary/aromatic N) is 1. The molecule has 222 valence electrons. The summed E-state index contributed by atoms with van der Waals surface area (Å²) in [7, 11) is 0. The van der Waals surface area contributed by atoms with Gasteiger partial charge in [0.25, 0.3) is 0 Å². The molecule has 0 spiro atoms. The summed E-state index contributed by atoms with van der Waals surface area (Å²) in [6, 6.07) is 5.06. The van der Waals surface area contributed by atoms with Crippen molar-refractivity contribution in [3.05, 3.63) is 35.9 Å². The number of amides is 4. The lowest BCUT2D eigenvalue weighted by atomic mass is 10.0. The summed E-state index contributed by atoms with van der Waals surface area (Å²) in [5.41, 5.74) is 11.9. The Hall–Kier alpha value is -3.51. The zero-order chi connectivity index (χ0) is 29.7. The van der Waals surface area contributed by atoms with E-state index in [0.29, 0.717) is 38.8 Å². The highest BCUT2D eigenvalue weighted by Crippen LogP contribution is 2.18. The SMILES string of the molecule is CC(C)C[C@H](NC(=O)[C@H](CCCCN)NC(=O)[C@@H]1CCCN1C(=O)CN)C(=O)N[C@@H](Cc1ccccc1)C(=O)O. The molecule has 8 N–H and O–H groups in total. The van der Waals surface area contributed by atoms with Crippen molar-refractivity contribution < 1.29 is 29.1 Å². The van der Waals surface area contributed by atoms with Gasteiger partial charge in [-0.2, -0.15) is 0 Å². The number of carbonyl (C=O) groups excluding carboxylic acids is 4. The predicted molar refractivity (Wildman–Crippen MR) is 150 cm³/mol. The highest BCUT2D eigenvalue weighted by atomic mass is 16.4. The van der Waals surface area contributed by atoms with Gasteiger partial charge in [-0.3, -0.25) is 19.2 Å². The number of hydrogen-bond acceptors (Lipinski definition) is 7. The van der Waals surface area contributed by atoms with Gasteiger partial charge in [0, 0.05) is 13.0 Å². The average molecular weight is 561 g/mol. The molecular formula is C28H44N6O6. The second-order valence-corrected chi connectivity index (χ2v) is 10.6. The van der Waals surface area contributed by atoms with Gasteiger partial charge in [-0.1, -0.05) is 44.2 Å². The largest absolute Gasteiger partial charge is 0.480 e. The lowest BCUT2D eigenvalue weighted by Gasteiger charge is -2.28. The van der Waals surface area contributed by atoms with Gasteiger partial charge < -0.3 is 37.4 Å². The Morgan fingerprint density at radius 2 is 1.60 bits per heavy atom. The third-order valence-corrected chi connectivity index (χ3v) is 6.87. The molecule has 4 amide bonds. The first-order valence-corrected chi connectivity index (χ1v) is 13.9. The molecule has 1 aliphatic rings.